The third kappa shape index (κ3) is 3.14. The number of phenolic OH excluding ortho intramolecular Hbond substituents is 1. The van der Waals surface area contributed by atoms with Crippen LogP contribution in [0.4, 0.5) is 0 Å². The molecule has 2 heterocycles. The molecule has 6 nitrogen and oxygen atoms in total. The lowest BCUT2D eigenvalue weighted by Crippen LogP contribution is -2.78. The van der Waals surface area contributed by atoms with Gasteiger partial charge in [0.2, 0.25) is 5.91 Å². The summed E-state index contributed by atoms with van der Waals surface area (Å²) in [6.45, 7) is 5.43. The summed E-state index contributed by atoms with van der Waals surface area (Å²) in [5.41, 5.74) is 1.14. The molecule has 2 N–H and O–H groups in total. The van der Waals surface area contributed by atoms with Gasteiger partial charge in [0.05, 0.1) is 33.5 Å². The van der Waals surface area contributed by atoms with Crippen molar-refractivity contribution in [1.29, 1.82) is 0 Å². The number of aromatic hydroxyl groups is 1. The first-order valence-electron chi connectivity index (χ1n) is 12.5. The Balaban J connectivity index is 1.38. The number of rotatable bonds is 5. The van der Waals surface area contributed by atoms with Gasteiger partial charge in [-0.3, -0.25) is 9.69 Å². The van der Waals surface area contributed by atoms with Crippen molar-refractivity contribution in [1.82, 2.24) is 9.80 Å². The number of ether oxygens (including phenoxy) is 1. The summed E-state index contributed by atoms with van der Waals surface area (Å²) in [6, 6.07) is 8.57. The first kappa shape index (κ1) is 24.1. The summed E-state index contributed by atoms with van der Waals surface area (Å²) >= 11 is 12.2. The molecule has 1 amide bonds. The number of likely N-dealkylation sites (N-methyl/N-ethyl adjacent to an activating group) is 1. The molecule has 8 heteroatoms. The first-order chi connectivity index (χ1) is 17.2. The van der Waals surface area contributed by atoms with E-state index in [0.29, 0.717) is 48.0 Å². The number of amides is 1. The van der Waals surface area contributed by atoms with Gasteiger partial charge in [-0.2, -0.15) is 0 Å². The van der Waals surface area contributed by atoms with E-state index in [1.54, 1.807) is 23.1 Å². The lowest BCUT2D eigenvalue weighted by molar-refractivity contribution is -0.198. The minimum Gasteiger partial charge on any atom is -0.504 e. The maximum Gasteiger partial charge on any atom is 0.227 e. The summed E-state index contributed by atoms with van der Waals surface area (Å²) in [7, 11) is 1.81. The quantitative estimate of drug-likeness (QED) is 0.571. The van der Waals surface area contributed by atoms with Gasteiger partial charge in [-0.1, -0.05) is 41.4 Å². The fourth-order valence-corrected chi connectivity index (χ4v) is 7.84. The highest BCUT2D eigenvalue weighted by atomic mass is 35.5. The molecular weight excluding hydrogens is 499 g/mol. The summed E-state index contributed by atoms with van der Waals surface area (Å²) in [5, 5.41) is 24.1. The molecule has 6 rings (SSSR count). The maximum atomic E-state index is 13.4. The van der Waals surface area contributed by atoms with Crippen molar-refractivity contribution in [3.8, 4) is 11.5 Å². The number of piperidine rings is 1. The Morgan fingerprint density at radius 3 is 2.83 bits per heavy atom. The van der Waals surface area contributed by atoms with Crippen molar-refractivity contribution in [2.45, 2.75) is 61.3 Å². The van der Waals surface area contributed by atoms with Gasteiger partial charge >= 0.3 is 0 Å². The van der Waals surface area contributed by atoms with E-state index in [0.717, 1.165) is 23.2 Å². The number of hydrogen-bond acceptors (Lipinski definition) is 5. The van der Waals surface area contributed by atoms with Gasteiger partial charge in [0, 0.05) is 25.2 Å². The minimum atomic E-state index is -1.02. The zero-order chi connectivity index (χ0) is 25.4. The standard InChI is InChI=1S/C28H30Cl2N2O4/c1-3-11-32-12-10-27-24-17-5-7-21(33)25(24)36-26(27)20(8-9-28(27,35)22(32)15-17)31(2)23(34)14-16-4-6-18(29)19(30)13-16/h3-7,13,20,22,26,33,35H,1,8-12,14-15H2,2H3/t20-,22-,26-,27-,28+/m0/s1. The van der Waals surface area contributed by atoms with Crippen LogP contribution in [0.1, 0.15) is 36.0 Å². The summed E-state index contributed by atoms with van der Waals surface area (Å²) < 4.78 is 6.56. The second-order valence-corrected chi connectivity index (χ2v) is 11.5. The van der Waals surface area contributed by atoms with E-state index in [4.69, 9.17) is 27.9 Å². The Bertz CT molecular complexity index is 1270. The molecule has 0 unspecified atom stereocenters. The molecule has 2 aliphatic heterocycles. The number of carbonyl (C=O) groups excluding carboxylic acids is 1. The topological polar surface area (TPSA) is 73.2 Å². The normalized spacial score (nSPS) is 31.9. The molecule has 2 bridgehead atoms. The Labute approximate surface area is 221 Å². The summed E-state index contributed by atoms with van der Waals surface area (Å²) in [4.78, 5) is 17.5. The molecule has 1 saturated heterocycles. The lowest BCUT2D eigenvalue weighted by Gasteiger charge is -2.64. The fourth-order valence-electron chi connectivity index (χ4n) is 7.52. The van der Waals surface area contributed by atoms with E-state index < -0.39 is 17.1 Å². The predicted molar refractivity (Wildman–Crippen MR) is 139 cm³/mol. The van der Waals surface area contributed by atoms with Crippen LogP contribution in [-0.2, 0) is 23.1 Å². The third-order valence-corrected chi connectivity index (χ3v) is 9.87. The molecule has 1 saturated carbocycles. The largest absolute Gasteiger partial charge is 0.504 e. The van der Waals surface area contributed by atoms with Crippen LogP contribution in [0.15, 0.2) is 43.0 Å². The predicted octanol–water partition coefficient (Wildman–Crippen LogP) is 4.11. The lowest BCUT2D eigenvalue weighted by atomic mass is 9.48. The third-order valence-electron chi connectivity index (χ3n) is 9.14. The van der Waals surface area contributed by atoms with Gasteiger partial charge in [0.1, 0.15) is 6.10 Å². The highest BCUT2D eigenvalue weighted by molar-refractivity contribution is 6.42. The van der Waals surface area contributed by atoms with Crippen LogP contribution in [0.25, 0.3) is 0 Å². The molecule has 2 aromatic rings. The molecule has 190 valence electrons. The van der Waals surface area contributed by atoms with Crippen LogP contribution < -0.4 is 4.74 Å². The van der Waals surface area contributed by atoms with Crippen LogP contribution in [-0.4, -0.2) is 69.8 Å². The molecule has 5 atom stereocenters. The van der Waals surface area contributed by atoms with Crippen molar-refractivity contribution < 1.29 is 19.7 Å². The summed E-state index contributed by atoms with van der Waals surface area (Å²) in [6.07, 6.45) is 4.17. The van der Waals surface area contributed by atoms with Crippen molar-refractivity contribution >= 4 is 29.1 Å². The van der Waals surface area contributed by atoms with Gasteiger partial charge in [-0.25, -0.2) is 0 Å². The first-order valence-corrected chi connectivity index (χ1v) is 13.3. The van der Waals surface area contributed by atoms with Crippen LogP contribution in [0.2, 0.25) is 10.0 Å². The zero-order valence-corrected chi connectivity index (χ0v) is 21.7. The smallest absolute Gasteiger partial charge is 0.227 e. The van der Waals surface area contributed by atoms with E-state index >= 15 is 0 Å². The highest BCUT2D eigenvalue weighted by Crippen LogP contribution is 2.65. The molecule has 36 heavy (non-hydrogen) atoms. The number of hydrogen-bond donors (Lipinski definition) is 2. The monoisotopic (exact) mass is 528 g/mol. The highest BCUT2D eigenvalue weighted by Gasteiger charge is 2.73. The Kier molecular flexibility index (Phi) is 5.61. The van der Waals surface area contributed by atoms with E-state index in [1.807, 2.05) is 25.3 Å². The average Bonchev–Trinajstić information content (AvgIpc) is 3.20. The number of benzene rings is 2. The number of halogens is 2. The van der Waals surface area contributed by atoms with E-state index in [1.165, 1.54) is 0 Å². The zero-order valence-electron chi connectivity index (χ0n) is 20.2. The Morgan fingerprint density at radius 1 is 1.28 bits per heavy atom. The molecule has 0 aromatic heterocycles. The van der Waals surface area contributed by atoms with Gasteiger partial charge in [0.15, 0.2) is 11.5 Å². The number of nitrogens with zero attached hydrogens (tertiary/aromatic N) is 2. The molecular formula is C28H30Cl2N2O4. The fraction of sp³-hybridized carbons (Fsp3) is 0.464. The van der Waals surface area contributed by atoms with Crippen LogP contribution >= 0.6 is 23.2 Å². The number of carbonyl (C=O) groups is 1. The second kappa shape index (κ2) is 8.38. The Morgan fingerprint density at radius 2 is 2.08 bits per heavy atom. The average molecular weight is 529 g/mol. The summed E-state index contributed by atoms with van der Waals surface area (Å²) in [5.74, 6) is 0.514. The number of likely N-dealkylation sites (tertiary alicyclic amines) is 1. The van der Waals surface area contributed by atoms with Crippen molar-refractivity contribution in [3.05, 3.63) is 69.7 Å². The molecule has 2 aromatic carbocycles. The SMILES string of the molecule is C=CCN1CC[C@]23c4c5ccc(O)c4O[C@H]2[C@@H](N(C)C(=O)Cc2ccc(Cl)c(Cl)c2)CC[C@@]3(O)[C@@H]1C5. The Hall–Kier alpha value is -2.25. The second-order valence-electron chi connectivity index (χ2n) is 10.7. The maximum absolute atomic E-state index is 13.4. The van der Waals surface area contributed by atoms with Crippen LogP contribution in [0.3, 0.4) is 0 Å². The van der Waals surface area contributed by atoms with Crippen LogP contribution in [0.5, 0.6) is 11.5 Å². The van der Waals surface area contributed by atoms with Crippen molar-refractivity contribution in [2.75, 3.05) is 20.1 Å². The van der Waals surface area contributed by atoms with Gasteiger partial charge < -0.3 is 19.8 Å². The van der Waals surface area contributed by atoms with Crippen molar-refractivity contribution in [3.63, 3.8) is 0 Å². The molecule has 2 aliphatic carbocycles. The van der Waals surface area contributed by atoms with E-state index in [-0.39, 0.29) is 30.2 Å². The van der Waals surface area contributed by atoms with Gasteiger partial charge in [-0.05, 0) is 61.6 Å². The van der Waals surface area contributed by atoms with Gasteiger partial charge in [0.25, 0.3) is 0 Å². The molecule has 0 radical (unpaired) electrons. The van der Waals surface area contributed by atoms with Crippen LogP contribution in [0, 0.1) is 0 Å². The molecule has 4 aliphatic rings. The van der Waals surface area contributed by atoms with Crippen molar-refractivity contribution in [2.24, 2.45) is 0 Å². The minimum absolute atomic E-state index is 0.0549. The van der Waals surface area contributed by atoms with E-state index in [2.05, 4.69) is 11.5 Å². The number of aliphatic hydroxyl groups is 1. The molecule has 2 fully saturated rings. The number of phenols is 1. The van der Waals surface area contributed by atoms with Gasteiger partial charge in [-0.15, -0.1) is 6.58 Å². The molecule has 1 spiro atoms. The van der Waals surface area contributed by atoms with E-state index in [9.17, 15) is 15.0 Å².